The van der Waals surface area contributed by atoms with Crippen LogP contribution in [0.2, 0.25) is 0 Å². The summed E-state index contributed by atoms with van der Waals surface area (Å²) in [6.45, 7) is 0. The smallest absolute Gasteiger partial charge is 0.238 e. The van der Waals surface area contributed by atoms with Crippen LogP contribution in [0.3, 0.4) is 0 Å². The van der Waals surface area contributed by atoms with Gasteiger partial charge in [-0.2, -0.15) is 0 Å². The number of amides is 2. The highest BCUT2D eigenvalue weighted by Gasteiger charge is 2.67. The van der Waals surface area contributed by atoms with Gasteiger partial charge in [0.05, 0.1) is 17.5 Å². The second-order valence-corrected chi connectivity index (χ2v) is 6.62. The molecule has 6 atom stereocenters. The molecular weight excluding hydrogens is 269 g/mol. The quantitative estimate of drug-likeness (QED) is 0.586. The van der Waals surface area contributed by atoms with Crippen molar-refractivity contribution in [3.8, 4) is 0 Å². The van der Waals surface area contributed by atoms with Crippen LogP contribution in [0.4, 0.5) is 10.1 Å². The minimum atomic E-state index is -0.511. The molecule has 1 aliphatic heterocycles. The van der Waals surface area contributed by atoms with Crippen molar-refractivity contribution in [2.75, 3.05) is 4.90 Å². The predicted octanol–water partition coefficient (Wildman–Crippen LogP) is 2.38. The number of imide groups is 1. The molecular formula is C17H14FNO2. The fourth-order valence-corrected chi connectivity index (χ4v) is 4.83. The van der Waals surface area contributed by atoms with Crippen LogP contribution in [0, 0.1) is 41.3 Å². The monoisotopic (exact) mass is 283 g/mol. The van der Waals surface area contributed by atoms with Crippen molar-refractivity contribution in [2.45, 2.75) is 6.42 Å². The first kappa shape index (κ1) is 11.7. The number of nitrogens with zero attached hydrogens (tertiary/aromatic N) is 1. The Balaban J connectivity index is 1.62. The number of hydrogen-bond acceptors (Lipinski definition) is 2. The average molecular weight is 283 g/mol. The zero-order chi connectivity index (χ0) is 14.3. The van der Waals surface area contributed by atoms with Gasteiger partial charge in [0.25, 0.3) is 0 Å². The van der Waals surface area contributed by atoms with Gasteiger partial charge in [0.1, 0.15) is 5.82 Å². The molecule has 1 saturated heterocycles. The number of anilines is 1. The van der Waals surface area contributed by atoms with Crippen molar-refractivity contribution in [1.82, 2.24) is 0 Å². The number of carbonyl (C=O) groups is 2. The van der Waals surface area contributed by atoms with E-state index in [1.54, 1.807) is 12.1 Å². The van der Waals surface area contributed by atoms with Gasteiger partial charge in [0.2, 0.25) is 11.8 Å². The maximum absolute atomic E-state index is 14.0. The van der Waals surface area contributed by atoms with E-state index in [0.29, 0.717) is 11.8 Å². The lowest BCUT2D eigenvalue weighted by Crippen LogP contribution is -2.40. The molecule has 1 aromatic rings. The number of para-hydroxylation sites is 1. The predicted molar refractivity (Wildman–Crippen MR) is 73.6 cm³/mol. The lowest BCUT2D eigenvalue weighted by atomic mass is 9.63. The second kappa shape index (κ2) is 3.62. The Kier molecular flexibility index (Phi) is 2.01. The van der Waals surface area contributed by atoms with Crippen LogP contribution in [0.5, 0.6) is 0 Å². The van der Waals surface area contributed by atoms with Crippen LogP contribution < -0.4 is 4.90 Å². The maximum Gasteiger partial charge on any atom is 0.238 e. The first-order chi connectivity index (χ1) is 10.2. The molecule has 21 heavy (non-hydrogen) atoms. The molecule has 1 aromatic carbocycles. The van der Waals surface area contributed by atoms with E-state index in [1.165, 1.54) is 12.1 Å². The Labute approximate surface area is 121 Å². The molecule has 5 aliphatic rings. The van der Waals surface area contributed by atoms with Gasteiger partial charge in [-0.25, -0.2) is 9.29 Å². The highest BCUT2D eigenvalue weighted by atomic mass is 19.1. The summed E-state index contributed by atoms with van der Waals surface area (Å²) >= 11 is 0. The van der Waals surface area contributed by atoms with Gasteiger partial charge >= 0.3 is 0 Å². The zero-order valence-corrected chi connectivity index (χ0v) is 11.3. The van der Waals surface area contributed by atoms with Crippen LogP contribution in [0.25, 0.3) is 0 Å². The third-order valence-corrected chi connectivity index (χ3v) is 5.76. The van der Waals surface area contributed by atoms with E-state index < -0.39 is 5.82 Å². The molecule has 6 rings (SSSR count). The molecule has 0 unspecified atom stereocenters. The van der Waals surface area contributed by atoms with Gasteiger partial charge in [-0.15, -0.1) is 0 Å². The SMILES string of the molecule is O=C1[C@@H]2[C@@H]3C=C[C@H]([C@H]4C[C@@H]34)[C@@H]2C(=O)N1c1ccccc1F. The summed E-state index contributed by atoms with van der Waals surface area (Å²) in [6, 6.07) is 6.03. The normalized spacial score (nSPS) is 42.2. The Morgan fingerprint density at radius 3 is 2.10 bits per heavy atom. The van der Waals surface area contributed by atoms with E-state index in [1.807, 2.05) is 0 Å². The molecule has 0 spiro atoms. The van der Waals surface area contributed by atoms with Gasteiger partial charge < -0.3 is 0 Å². The van der Waals surface area contributed by atoms with Gasteiger partial charge in [0.15, 0.2) is 0 Å². The summed E-state index contributed by atoms with van der Waals surface area (Å²) in [5.74, 6) is 0.0308. The molecule has 0 radical (unpaired) electrons. The van der Waals surface area contributed by atoms with Crippen LogP contribution >= 0.6 is 0 Å². The van der Waals surface area contributed by atoms with Crippen molar-refractivity contribution >= 4 is 17.5 Å². The molecule has 1 heterocycles. The topological polar surface area (TPSA) is 37.4 Å². The number of halogens is 1. The van der Waals surface area contributed by atoms with E-state index in [2.05, 4.69) is 12.2 Å². The van der Waals surface area contributed by atoms with E-state index in [0.717, 1.165) is 11.3 Å². The van der Waals surface area contributed by atoms with Crippen molar-refractivity contribution in [1.29, 1.82) is 0 Å². The number of hydrogen-bond donors (Lipinski definition) is 0. The molecule has 0 aromatic heterocycles. The molecule has 106 valence electrons. The zero-order valence-electron chi connectivity index (χ0n) is 11.3. The second-order valence-electron chi connectivity index (χ2n) is 6.62. The number of benzene rings is 1. The number of rotatable bonds is 1. The lowest BCUT2D eigenvalue weighted by Gasteiger charge is -2.37. The number of carbonyl (C=O) groups excluding carboxylic acids is 2. The van der Waals surface area contributed by atoms with E-state index in [4.69, 9.17) is 0 Å². The largest absolute Gasteiger partial charge is 0.274 e. The molecule has 4 heteroatoms. The Morgan fingerprint density at radius 1 is 0.952 bits per heavy atom. The van der Waals surface area contributed by atoms with Crippen LogP contribution in [0.15, 0.2) is 36.4 Å². The van der Waals surface area contributed by atoms with E-state index in [9.17, 15) is 14.0 Å². The van der Waals surface area contributed by atoms with Gasteiger partial charge in [-0.05, 0) is 42.2 Å². The van der Waals surface area contributed by atoms with E-state index in [-0.39, 0.29) is 41.2 Å². The molecule has 3 nitrogen and oxygen atoms in total. The Hall–Kier alpha value is -1.97. The molecule has 2 saturated carbocycles. The van der Waals surface area contributed by atoms with Crippen LogP contribution in [-0.4, -0.2) is 11.8 Å². The third-order valence-electron chi connectivity index (χ3n) is 5.76. The first-order valence-corrected chi connectivity index (χ1v) is 7.49. The molecule has 3 fully saturated rings. The average Bonchev–Trinajstić information content (AvgIpc) is 3.26. The minimum Gasteiger partial charge on any atom is -0.274 e. The molecule has 0 N–H and O–H groups in total. The summed E-state index contributed by atoms with van der Waals surface area (Å²) < 4.78 is 14.0. The Bertz CT molecular complexity index is 676. The summed E-state index contributed by atoms with van der Waals surface area (Å²) in [5.41, 5.74) is 0.106. The van der Waals surface area contributed by atoms with Gasteiger partial charge in [0, 0.05) is 0 Å². The lowest BCUT2D eigenvalue weighted by molar-refractivity contribution is -0.124. The van der Waals surface area contributed by atoms with E-state index >= 15 is 0 Å². The molecule has 4 aliphatic carbocycles. The standard InChI is InChI=1S/C17H14FNO2/c18-12-3-1-2-4-13(12)19-16(20)14-8-5-6-9(11-7-10(8)11)15(14)17(19)21/h1-6,8-11,14-15H,7H2/t8-,9-,10-,11+,14+,15-/m1/s1. The highest BCUT2D eigenvalue weighted by molar-refractivity contribution is 6.22. The molecule has 2 bridgehead atoms. The van der Waals surface area contributed by atoms with Crippen molar-refractivity contribution < 1.29 is 14.0 Å². The third kappa shape index (κ3) is 1.29. The minimum absolute atomic E-state index is 0.106. The molecule has 2 amide bonds. The van der Waals surface area contributed by atoms with Crippen LogP contribution in [0.1, 0.15) is 6.42 Å². The van der Waals surface area contributed by atoms with Crippen molar-refractivity contribution in [3.63, 3.8) is 0 Å². The Morgan fingerprint density at radius 2 is 1.52 bits per heavy atom. The summed E-state index contributed by atoms with van der Waals surface area (Å²) in [4.78, 5) is 26.6. The van der Waals surface area contributed by atoms with Crippen molar-refractivity contribution in [3.05, 3.63) is 42.2 Å². The first-order valence-electron chi connectivity index (χ1n) is 7.49. The van der Waals surface area contributed by atoms with Gasteiger partial charge in [-0.3, -0.25) is 9.59 Å². The highest BCUT2D eigenvalue weighted by Crippen LogP contribution is 2.65. The van der Waals surface area contributed by atoms with Crippen LogP contribution in [-0.2, 0) is 9.59 Å². The fourth-order valence-electron chi connectivity index (χ4n) is 4.83. The van der Waals surface area contributed by atoms with Crippen molar-refractivity contribution in [2.24, 2.45) is 35.5 Å². The fraction of sp³-hybridized carbons (Fsp3) is 0.412. The number of allylic oxidation sites excluding steroid dienone is 2. The van der Waals surface area contributed by atoms with Gasteiger partial charge in [-0.1, -0.05) is 24.3 Å². The summed E-state index contributed by atoms with van der Waals surface area (Å²) in [7, 11) is 0. The summed E-state index contributed by atoms with van der Waals surface area (Å²) in [5, 5.41) is 0. The maximum atomic E-state index is 14.0. The summed E-state index contributed by atoms with van der Waals surface area (Å²) in [6.07, 6.45) is 5.38.